The van der Waals surface area contributed by atoms with E-state index < -0.39 is 0 Å². The van der Waals surface area contributed by atoms with Crippen LogP contribution in [0.4, 0.5) is 0 Å². The van der Waals surface area contributed by atoms with E-state index in [9.17, 15) is 0 Å². The number of fused-ring (bicyclic) bond motifs is 1. The molecule has 0 saturated carbocycles. The van der Waals surface area contributed by atoms with Crippen LogP contribution in [-0.4, -0.2) is 18.2 Å². The molecular formula is C18H24N2O. The predicted octanol–water partition coefficient (Wildman–Crippen LogP) is 3.55. The quantitative estimate of drug-likeness (QED) is 0.850. The zero-order valence-electron chi connectivity index (χ0n) is 12.7. The fraction of sp³-hybridized carbons (Fsp3) is 0.444. The van der Waals surface area contributed by atoms with Gasteiger partial charge in [0.05, 0.1) is 6.54 Å². The van der Waals surface area contributed by atoms with Gasteiger partial charge < -0.3 is 14.6 Å². The number of nitrogens with zero attached hydrogens (tertiary/aromatic N) is 1. The Hall–Kier alpha value is -1.74. The second-order valence-corrected chi connectivity index (χ2v) is 5.73. The topological polar surface area (TPSA) is 26.2 Å². The van der Waals surface area contributed by atoms with Crippen molar-refractivity contribution in [3.8, 4) is 5.75 Å². The molecule has 1 atom stereocenters. The lowest BCUT2D eigenvalue weighted by Crippen LogP contribution is -2.15. The van der Waals surface area contributed by atoms with E-state index in [-0.39, 0.29) is 0 Å². The zero-order valence-corrected chi connectivity index (χ0v) is 12.7. The van der Waals surface area contributed by atoms with Crippen molar-refractivity contribution in [3.05, 3.63) is 53.9 Å². The lowest BCUT2D eigenvalue weighted by Gasteiger charge is -2.13. The molecule has 1 aliphatic carbocycles. The molecule has 1 aliphatic rings. The molecule has 1 aromatic carbocycles. The summed E-state index contributed by atoms with van der Waals surface area (Å²) in [5, 5.41) is 3.45. The van der Waals surface area contributed by atoms with Crippen LogP contribution in [0.1, 0.15) is 36.4 Å². The van der Waals surface area contributed by atoms with E-state index in [2.05, 4.69) is 29.3 Å². The molecule has 3 rings (SSSR count). The second-order valence-electron chi connectivity index (χ2n) is 5.73. The van der Waals surface area contributed by atoms with E-state index in [4.69, 9.17) is 4.74 Å². The Kier molecular flexibility index (Phi) is 4.61. The molecule has 0 fully saturated rings. The van der Waals surface area contributed by atoms with Crippen molar-refractivity contribution in [1.29, 1.82) is 0 Å². The Balaban J connectivity index is 1.62. The molecule has 1 aromatic heterocycles. The molecule has 0 spiro atoms. The van der Waals surface area contributed by atoms with Gasteiger partial charge in [0.15, 0.2) is 0 Å². The summed E-state index contributed by atoms with van der Waals surface area (Å²) >= 11 is 0. The Bertz CT molecular complexity index is 562. The number of hydrogen-bond donors (Lipinski definition) is 1. The van der Waals surface area contributed by atoms with Crippen LogP contribution in [0, 0.1) is 0 Å². The predicted molar refractivity (Wildman–Crippen MR) is 85.7 cm³/mol. The van der Waals surface area contributed by atoms with Gasteiger partial charge in [-0.15, -0.1) is 0 Å². The van der Waals surface area contributed by atoms with Gasteiger partial charge in [-0.2, -0.15) is 0 Å². The van der Waals surface area contributed by atoms with Gasteiger partial charge in [0, 0.05) is 18.4 Å². The highest BCUT2D eigenvalue weighted by Crippen LogP contribution is 2.29. The van der Waals surface area contributed by atoms with Crippen LogP contribution >= 0.6 is 0 Å². The molecule has 1 N–H and O–H groups in total. The minimum Gasteiger partial charge on any atom is -0.492 e. The number of rotatable bonds is 5. The molecule has 3 heteroatoms. The normalized spacial score (nSPS) is 18.0. The van der Waals surface area contributed by atoms with Gasteiger partial charge in [0.25, 0.3) is 0 Å². The standard InChI is InChI=1S/C18H24N2O/c1-19-18-10-6-5-7-15-13-20(14-17(15)18)11-12-21-16-8-3-2-4-9-16/h2-4,8-9,13-14,18-19H,5-7,10-12H2,1H3. The van der Waals surface area contributed by atoms with E-state index in [0.717, 1.165) is 12.3 Å². The summed E-state index contributed by atoms with van der Waals surface area (Å²) in [5.74, 6) is 0.944. The monoisotopic (exact) mass is 284 g/mol. The first kappa shape index (κ1) is 14.2. The van der Waals surface area contributed by atoms with E-state index >= 15 is 0 Å². The zero-order chi connectivity index (χ0) is 14.5. The van der Waals surface area contributed by atoms with Gasteiger partial charge in [0.2, 0.25) is 0 Å². The number of hydrogen-bond acceptors (Lipinski definition) is 2. The van der Waals surface area contributed by atoms with Crippen molar-refractivity contribution in [2.45, 2.75) is 38.3 Å². The lowest BCUT2D eigenvalue weighted by molar-refractivity contribution is 0.298. The van der Waals surface area contributed by atoms with Crippen LogP contribution in [0.15, 0.2) is 42.7 Å². The van der Waals surface area contributed by atoms with Gasteiger partial charge in [-0.25, -0.2) is 0 Å². The third-order valence-electron chi connectivity index (χ3n) is 4.27. The summed E-state index contributed by atoms with van der Waals surface area (Å²) in [4.78, 5) is 0. The summed E-state index contributed by atoms with van der Waals surface area (Å²) in [6, 6.07) is 10.5. The number of nitrogens with one attached hydrogen (secondary N) is 1. The molecule has 21 heavy (non-hydrogen) atoms. The summed E-state index contributed by atoms with van der Waals surface area (Å²) in [6.45, 7) is 1.61. The molecule has 1 heterocycles. The summed E-state index contributed by atoms with van der Waals surface area (Å²) in [6.07, 6.45) is 9.68. The maximum Gasteiger partial charge on any atom is 0.119 e. The average Bonchev–Trinajstić information content (AvgIpc) is 2.82. The molecule has 0 bridgehead atoms. The first-order chi connectivity index (χ1) is 10.4. The number of aromatic nitrogens is 1. The third kappa shape index (κ3) is 3.48. The van der Waals surface area contributed by atoms with Crippen molar-refractivity contribution >= 4 is 0 Å². The number of para-hydroxylation sites is 1. The number of ether oxygens (including phenoxy) is 1. The van der Waals surface area contributed by atoms with Crippen LogP contribution in [0.5, 0.6) is 5.75 Å². The highest BCUT2D eigenvalue weighted by atomic mass is 16.5. The summed E-state index contributed by atoms with van der Waals surface area (Å²) in [7, 11) is 2.07. The van der Waals surface area contributed by atoms with Gasteiger partial charge in [0.1, 0.15) is 12.4 Å². The molecule has 0 aliphatic heterocycles. The SMILES string of the molecule is CNC1CCCCc2cn(CCOc3ccccc3)cc21. The van der Waals surface area contributed by atoms with Crippen LogP contribution in [0.25, 0.3) is 0 Å². The van der Waals surface area contributed by atoms with Crippen LogP contribution in [0.3, 0.4) is 0 Å². The van der Waals surface area contributed by atoms with Crippen molar-refractivity contribution in [1.82, 2.24) is 9.88 Å². The summed E-state index contributed by atoms with van der Waals surface area (Å²) in [5.41, 5.74) is 2.99. The van der Waals surface area contributed by atoms with Crippen molar-refractivity contribution < 1.29 is 4.74 Å². The Morgan fingerprint density at radius 1 is 1.19 bits per heavy atom. The second kappa shape index (κ2) is 6.81. The first-order valence-corrected chi connectivity index (χ1v) is 7.90. The molecule has 3 nitrogen and oxygen atoms in total. The van der Waals surface area contributed by atoms with E-state index in [0.29, 0.717) is 12.6 Å². The number of benzene rings is 1. The molecule has 2 aromatic rings. The average molecular weight is 284 g/mol. The highest BCUT2D eigenvalue weighted by molar-refractivity contribution is 5.29. The third-order valence-corrected chi connectivity index (χ3v) is 4.27. The smallest absolute Gasteiger partial charge is 0.119 e. The van der Waals surface area contributed by atoms with Crippen LogP contribution in [0.2, 0.25) is 0 Å². The molecular weight excluding hydrogens is 260 g/mol. The Morgan fingerprint density at radius 2 is 2.05 bits per heavy atom. The largest absolute Gasteiger partial charge is 0.492 e. The molecule has 0 amide bonds. The van der Waals surface area contributed by atoms with E-state index in [1.54, 1.807) is 0 Å². The maximum atomic E-state index is 5.78. The highest BCUT2D eigenvalue weighted by Gasteiger charge is 2.18. The lowest BCUT2D eigenvalue weighted by atomic mass is 10.1. The fourth-order valence-corrected chi connectivity index (χ4v) is 3.13. The van der Waals surface area contributed by atoms with Crippen molar-refractivity contribution in [2.75, 3.05) is 13.7 Å². The molecule has 1 unspecified atom stereocenters. The first-order valence-electron chi connectivity index (χ1n) is 7.90. The number of aryl methyl sites for hydroxylation is 1. The minimum absolute atomic E-state index is 0.513. The fourth-order valence-electron chi connectivity index (χ4n) is 3.13. The van der Waals surface area contributed by atoms with Crippen LogP contribution in [-0.2, 0) is 13.0 Å². The van der Waals surface area contributed by atoms with Crippen LogP contribution < -0.4 is 10.1 Å². The Labute approximate surface area is 126 Å². The van der Waals surface area contributed by atoms with Gasteiger partial charge in [-0.3, -0.25) is 0 Å². The molecule has 112 valence electrons. The Morgan fingerprint density at radius 3 is 2.86 bits per heavy atom. The van der Waals surface area contributed by atoms with Gasteiger partial charge in [-0.05, 0) is 49.6 Å². The maximum absolute atomic E-state index is 5.78. The van der Waals surface area contributed by atoms with Gasteiger partial charge >= 0.3 is 0 Å². The van der Waals surface area contributed by atoms with E-state index in [1.807, 2.05) is 30.3 Å². The van der Waals surface area contributed by atoms with Crippen molar-refractivity contribution in [3.63, 3.8) is 0 Å². The molecule has 0 saturated heterocycles. The molecule has 0 radical (unpaired) electrons. The minimum atomic E-state index is 0.513. The van der Waals surface area contributed by atoms with Gasteiger partial charge in [-0.1, -0.05) is 24.6 Å². The summed E-state index contributed by atoms with van der Waals surface area (Å²) < 4.78 is 8.06. The van der Waals surface area contributed by atoms with E-state index in [1.165, 1.54) is 36.8 Å². The van der Waals surface area contributed by atoms with Crippen molar-refractivity contribution in [2.24, 2.45) is 0 Å².